The van der Waals surface area contributed by atoms with E-state index in [0.717, 1.165) is 40.0 Å². The van der Waals surface area contributed by atoms with Gasteiger partial charge in [-0.05, 0) is 53.1 Å². The van der Waals surface area contributed by atoms with Crippen LogP contribution >= 0.6 is 0 Å². The first-order valence-electron chi connectivity index (χ1n) is 17.9. The Hall–Kier alpha value is -7.11. The number of aromatic nitrogens is 5. The van der Waals surface area contributed by atoms with Gasteiger partial charge in [0.05, 0.1) is 16.6 Å². The number of para-hydroxylation sites is 2. The van der Waals surface area contributed by atoms with Crippen molar-refractivity contribution in [1.82, 2.24) is 24.1 Å². The van der Waals surface area contributed by atoms with Crippen molar-refractivity contribution in [3.8, 4) is 51.0 Å². The number of hydrogen-bond donors (Lipinski definition) is 0. The molecular formula is C48H33N5. The van der Waals surface area contributed by atoms with Gasteiger partial charge < -0.3 is 9.13 Å². The lowest BCUT2D eigenvalue weighted by Crippen LogP contribution is -2.01. The standard InChI is InChI=1S/C48H33N5/c1-5-16-33(17-6-1)32-52-29-28-40-41(31-42-39-26-13-14-27-43(39)53(45(42)44(40)52)38-24-11-4-12-25-38)36-22-15-23-37(30-36)48-50-46(34-18-7-2-8-19-34)49-47(51-48)35-20-9-3-10-21-35/h1-31H,32H2. The average Bonchev–Trinajstić information content (AvgIpc) is 3.80. The van der Waals surface area contributed by atoms with Crippen LogP contribution in [0.5, 0.6) is 0 Å². The molecule has 0 aliphatic carbocycles. The third kappa shape index (κ3) is 5.47. The fourth-order valence-corrected chi connectivity index (χ4v) is 7.58. The minimum absolute atomic E-state index is 0.638. The van der Waals surface area contributed by atoms with Crippen LogP contribution in [0, 0.1) is 0 Å². The predicted molar refractivity (Wildman–Crippen MR) is 217 cm³/mol. The molecule has 3 aromatic heterocycles. The molecule has 250 valence electrons. The second-order valence-corrected chi connectivity index (χ2v) is 13.3. The van der Waals surface area contributed by atoms with E-state index in [2.05, 4.69) is 137 Å². The Bertz CT molecular complexity index is 2840. The maximum atomic E-state index is 5.05. The first-order valence-corrected chi connectivity index (χ1v) is 17.9. The number of benzene rings is 7. The lowest BCUT2D eigenvalue weighted by Gasteiger charge is -2.14. The zero-order valence-corrected chi connectivity index (χ0v) is 28.8. The second kappa shape index (κ2) is 12.9. The number of fused-ring (bicyclic) bond motifs is 5. The van der Waals surface area contributed by atoms with Crippen molar-refractivity contribution in [3.63, 3.8) is 0 Å². The van der Waals surface area contributed by atoms with E-state index >= 15 is 0 Å². The average molecular weight is 680 g/mol. The Labute approximate surface area is 307 Å². The smallest absolute Gasteiger partial charge is 0.164 e. The SMILES string of the molecule is c1ccc(Cn2ccc3c(-c4cccc(-c5nc(-c6ccccc6)nc(-c6ccccc6)n5)c4)cc4c5ccccc5n(-c5ccccc5)c4c32)cc1. The van der Waals surface area contributed by atoms with E-state index in [4.69, 9.17) is 15.0 Å². The minimum Gasteiger partial charge on any atom is -0.341 e. The van der Waals surface area contributed by atoms with Crippen LogP contribution in [0.1, 0.15) is 5.56 Å². The molecule has 0 aliphatic heterocycles. The van der Waals surface area contributed by atoms with Gasteiger partial charge in [-0.1, -0.05) is 146 Å². The van der Waals surface area contributed by atoms with Crippen LogP contribution in [0.15, 0.2) is 188 Å². The van der Waals surface area contributed by atoms with Crippen LogP contribution in [0.2, 0.25) is 0 Å². The van der Waals surface area contributed by atoms with E-state index in [1.165, 1.54) is 38.3 Å². The summed E-state index contributed by atoms with van der Waals surface area (Å²) in [5, 5.41) is 3.62. The highest BCUT2D eigenvalue weighted by Crippen LogP contribution is 2.42. The van der Waals surface area contributed by atoms with Crippen molar-refractivity contribution >= 4 is 32.7 Å². The van der Waals surface area contributed by atoms with Gasteiger partial charge in [-0.3, -0.25) is 0 Å². The van der Waals surface area contributed by atoms with Crippen molar-refractivity contribution in [2.24, 2.45) is 0 Å². The quantitative estimate of drug-likeness (QED) is 0.168. The van der Waals surface area contributed by atoms with Crippen LogP contribution in [0.3, 0.4) is 0 Å². The molecular weight excluding hydrogens is 647 g/mol. The summed E-state index contributed by atoms with van der Waals surface area (Å²) in [4.78, 5) is 15.0. The monoisotopic (exact) mass is 679 g/mol. The molecule has 0 unspecified atom stereocenters. The van der Waals surface area contributed by atoms with Crippen molar-refractivity contribution in [2.75, 3.05) is 0 Å². The molecule has 0 atom stereocenters. The van der Waals surface area contributed by atoms with Gasteiger partial charge in [0.15, 0.2) is 17.5 Å². The fraction of sp³-hybridized carbons (Fsp3) is 0.0208. The Balaban J connectivity index is 1.22. The van der Waals surface area contributed by atoms with E-state index in [9.17, 15) is 0 Å². The van der Waals surface area contributed by atoms with Crippen molar-refractivity contribution in [1.29, 1.82) is 0 Å². The molecule has 0 saturated heterocycles. The van der Waals surface area contributed by atoms with Gasteiger partial charge >= 0.3 is 0 Å². The zero-order valence-electron chi connectivity index (χ0n) is 28.8. The van der Waals surface area contributed by atoms with Crippen LogP contribution in [0.4, 0.5) is 0 Å². The van der Waals surface area contributed by atoms with E-state index in [1.54, 1.807) is 0 Å². The number of hydrogen-bond acceptors (Lipinski definition) is 3. The van der Waals surface area contributed by atoms with Crippen molar-refractivity contribution < 1.29 is 0 Å². The Kier molecular flexibility index (Phi) is 7.47. The Morgan fingerprint density at radius 2 is 0.943 bits per heavy atom. The zero-order chi connectivity index (χ0) is 35.1. The summed E-state index contributed by atoms with van der Waals surface area (Å²) >= 11 is 0. The highest BCUT2D eigenvalue weighted by molar-refractivity contribution is 6.21. The molecule has 0 bridgehead atoms. The number of rotatable bonds is 7. The third-order valence-electron chi connectivity index (χ3n) is 10.0. The molecule has 0 radical (unpaired) electrons. The molecule has 0 saturated carbocycles. The Morgan fingerprint density at radius 1 is 0.396 bits per heavy atom. The van der Waals surface area contributed by atoms with Crippen LogP contribution in [-0.2, 0) is 6.54 Å². The summed E-state index contributed by atoms with van der Waals surface area (Å²) in [6.45, 7) is 0.759. The second-order valence-electron chi connectivity index (χ2n) is 13.3. The van der Waals surface area contributed by atoms with Crippen LogP contribution < -0.4 is 0 Å². The third-order valence-corrected chi connectivity index (χ3v) is 10.0. The van der Waals surface area contributed by atoms with Gasteiger partial charge in [0, 0.05) is 51.3 Å². The van der Waals surface area contributed by atoms with Gasteiger partial charge in [-0.2, -0.15) is 0 Å². The van der Waals surface area contributed by atoms with E-state index in [-0.39, 0.29) is 0 Å². The van der Waals surface area contributed by atoms with Gasteiger partial charge in [0.2, 0.25) is 0 Å². The molecule has 5 heteroatoms. The normalized spacial score (nSPS) is 11.5. The molecule has 53 heavy (non-hydrogen) atoms. The largest absolute Gasteiger partial charge is 0.341 e. The van der Waals surface area contributed by atoms with Crippen molar-refractivity contribution in [2.45, 2.75) is 6.54 Å². The molecule has 10 aromatic rings. The fourth-order valence-electron chi connectivity index (χ4n) is 7.58. The first-order chi connectivity index (χ1) is 26.3. The lowest BCUT2D eigenvalue weighted by atomic mass is 9.97. The van der Waals surface area contributed by atoms with E-state index in [1.807, 2.05) is 60.7 Å². The molecule has 0 fully saturated rings. The maximum Gasteiger partial charge on any atom is 0.164 e. The molecule has 7 aromatic carbocycles. The first kappa shape index (κ1) is 30.7. The summed E-state index contributed by atoms with van der Waals surface area (Å²) in [6, 6.07) is 63.7. The molecule has 0 amide bonds. The van der Waals surface area contributed by atoms with Crippen LogP contribution in [0.25, 0.3) is 83.7 Å². The van der Waals surface area contributed by atoms with Gasteiger partial charge in [-0.25, -0.2) is 15.0 Å². The van der Waals surface area contributed by atoms with Gasteiger partial charge in [0.25, 0.3) is 0 Å². The highest BCUT2D eigenvalue weighted by Gasteiger charge is 2.21. The topological polar surface area (TPSA) is 48.5 Å². The summed E-state index contributed by atoms with van der Waals surface area (Å²) in [7, 11) is 0. The molecule has 10 rings (SSSR count). The van der Waals surface area contributed by atoms with E-state index in [0.29, 0.717) is 17.5 Å². The maximum absolute atomic E-state index is 5.05. The molecule has 5 nitrogen and oxygen atoms in total. The highest BCUT2D eigenvalue weighted by atomic mass is 15.0. The Morgan fingerprint density at radius 3 is 1.62 bits per heavy atom. The summed E-state index contributed by atoms with van der Waals surface area (Å²) in [6.07, 6.45) is 2.24. The molecule has 0 spiro atoms. The van der Waals surface area contributed by atoms with Gasteiger partial charge in [0.1, 0.15) is 0 Å². The number of nitrogens with zero attached hydrogens (tertiary/aromatic N) is 5. The van der Waals surface area contributed by atoms with E-state index < -0.39 is 0 Å². The molecule has 3 heterocycles. The summed E-state index contributed by atoms with van der Waals surface area (Å²) < 4.78 is 4.83. The van der Waals surface area contributed by atoms with Crippen molar-refractivity contribution in [3.05, 3.63) is 194 Å². The summed E-state index contributed by atoms with van der Waals surface area (Å²) in [5.74, 6) is 1.94. The predicted octanol–water partition coefficient (Wildman–Crippen LogP) is 11.6. The minimum atomic E-state index is 0.638. The summed E-state index contributed by atoms with van der Waals surface area (Å²) in [5.41, 5.74) is 11.1. The molecule has 0 aliphatic rings. The molecule has 0 N–H and O–H groups in total. The van der Waals surface area contributed by atoms with Crippen LogP contribution in [-0.4, -0.2) is 24.1 Å². The van der Waals surface area contributed by atoms with Gasteiger partial charge in [-0.15, -0.1) is 0 Å². The lowest BCUT2D eigenvalue weighted by molar-refractivity contribution is 0.838.